The van der Waals surface area contributed by atoms with Crippen molar-refractivity contribution in [3.63, 3.8) is 0 Å². The van der Waals surface area contributed by atoms with Crippen LogP contribution in [0.5, 0.6) is 0 Å². The van der Waals surface area contributed by atoms with Gasteiger partial charge in [-0.3, -0.25) is 14.5 Å². The number of halogens is 1. The number of anilines is 3. The number of nitrogen functional groups attached to an aromatic ring is 2. The van der Waals surface area contributed by atoms with Crippen molar-refractivity contribution in [2.75, 3.05) is 16.8 Å². The molecule has 9 heteroatoms. The molecule has 1 fully saturated rings. The predicted octanol–water partition coefficient (Wildman–Crippen LogP) is 4.41. The van der Waals surface area contributed by atoms with E-state index in [0.29, 0.717) is 33.4 Å². The molecule has 3 heterocycles. The maximum Gasteiger partial charge on any atom is 0.229 e. The number of hydrogen-bond acceptors (Lipinski definition) is 6. The summed E-state index contributed by atoms with van der Waals surface area (Å²) in [4.78, 5) is 21.6. The summed E-state index contributed by atoms with van der Waals surface area (Å²) in [5.74, 6) is 0.0709. The minimum Gasteiger partial charge on any atom is -0.397 e. The Morgan fingerprint density at radius 2 is 1.97 bits per heavy atom. The lowest BCUT2D eigenvalue weighted by molar-refractivity contribution is -0.117. The zero-order valence-corrected chi connectivity index (χ0v) is 19.9. The van der Waals surface area contributed by atoms with Crippen LogP contribution in [0.15, 0.2) is 43.1 Å². The van der Waals surface area contributed by atoms with Gasteiger partial charge in [0.2, 0.25) is 5.91 Å². The number of hydrogen-bond donors (Lipinski definition) is 3. The Hall–Kier alpha value is -4.01. The van der Waals surface area contributed by atoms with Crippen LogP contribution >= 0.6 is 0 Å². The number of nitrogens with zero attached hydrogens (tertiary/aromatic N) is 4. The largest absolute Gasteiger partial charge is 0.397 e. The van der Waals surface area contributed by atoms with Crippen LogP contribution in [0.3, 0.4) is 0 Å². The average molecular weight is 474 g/mol. The van der Waals surface area contributed by atoms with Gasteiger partial charge in [0, 0.05) is 54.0 Å². The van der Waals surface area contributed by atoms with E-state index in [1.165, 1.54) is 12.4 Å². The lowest BCUT2D eigenvalue weighted by atomic mass is 9.97. The number of carbonyl (C=O) groups is 1. The van der Waals surface area contributed by atoms with Gasteiger partial charge in [-0.2, -0.15) is 5.10 Å². The molecule has 1 saturated carbocycles. The van der Waals surface area contributed by atoms with Crippen molar-refractivity contribution in [1.29, 1.82) is 0 Å². The molecule has 0 spiro atoms. The predicted molar refractivity (Wildman–Crippen MR) is 135 cm³/mol. The Morgan fingerprint density at radius 3 is 2.69 bits per heavy atom. The van der Waals surface area contributed by atoms with Crippen LogP contribution in [0.4, 0.5) is 21.6 Å². The van der Waals surface area contributed by atoms with Crippen LogP contribution in [0.2, 0.25) is 0 Å². The van der Waals surface area contributed by atoms with Crippen molar-refractivity contribution in [2.24, 2.45) is 18.9 Å². The Morgan fingerprint density at radius 1 is 1.17 bits per heavy atom. The third kappa shape index (κ3) is 3.96. The fourth-order valence-electron chi connectivity index (χ4n) is 5.07. The number of carbonyl (C=O) groups excluding carboxylic acids is 1. The highest BCUT2D eigenvalue weighted by Gasteiger charge is 2.55. The normalized spacial score (nSPS) is 19.1. The van der Waals surface area contributed by atoms with Crippen molar-refractivity contribution >= 4 is 33.9 Å². The van der Waals surface area contributed by atoms with E-state index in [2.05, 4.69) is 27.3 Å². The third-order valence-electron chi connectivity index (χ3n) is 7.00. The zero-order valence-electron chi connectivity index (χ0n) is 19.9. The molecule has 5 N–H and O–H groups in total. The van der Waals surface area contributed by atoms with E-state index in [4.69, 9.17) is 11.5 Å². The number of rotatable bonds is 6. The van der Waals surface area contributed by atoms with E-state index in [-0.39, 0.29) is 29.3 Å². The number of benzene rings is 1. The second kappa shape index (κ2) is 8.65. The van der Waals surface area contributed by atoms with Gasteiger partial charge in [0.05, 0.1) is 23.8 Å². The van der Waals surface area contributed by atoms with Crippen LogP contribution in [0.1, 0.15) is 36.8 Å². The molecule has 1 aliphatic rings. The molecule has 180 valence electrons. The smallest absolute Gasteiger partial charge is 0.229 e. The molecule has 4 aromatic rings. The molecule has 0 saturated heterocycles. The SMILES string of the molecule is CCC[C@@H]1[C@@H](C(=O)Nc2cc3cc(-c4cncc(N)c4C)c(F)c(N)c3cn2)[C@@H]1c1cnn(C)c1. The van der Waals surface area contributed by atoms with Crippen molar-refractivity contribution in [2.45, 2.75) is 32.6 Å². The number of fused-ring (bicyclic) bond motifs is 1. The number of aryl methyl sites for hydroxylation is 1. The summed E-state index contributed by atoms with van der Waals surface area (Å²) >= 11 is 0. The molecule has 35 heavy (non-hydrogen) atoms. The molecular formula is C26H28FN7O. The molecule has 3 atom stereocenters. The molecule has 5 rings (SSSR count). The minimum atomic E-state index is -0.550. The van der Waals surface area contributed by atoms with E-state index in [1.807, 2.05) is 26.4 Å². The van der Waals surface area contributed by atoms with Gasteiger partial charge < -0.3 is 16.8 Å². The van der Waals surface area contributed by atoms with Gasteiger partial charge >= 0.3 is 0 Å². The molecule has 0 unspecified atom stereocenters. The summed E-state index contributed by atoms with van der Waals surface area (Å²) in [7, 11) is 1.87. The van der Waals surface area contributed by atoms with Crippen molar-refractivity contribution in [3.8, 4) is 11.1 Å². The maximum absolute atomic E-state index is 15.2. The van der Waals surface area contributed by atoms with Crippen molar-refractivity contribution < 1.29 is 9.18 Å². The minimum absolute atomic E-state index is 0.00783. The summed E-state index contributed by atoms with van der Waals surface area (Å²) in [6, 6.07) is 3.41. The molecular weight excluding hydrogens is 445 g/mol. The Kier molecular flexibility index (Phi) is 5.62. The molecule has 1 amide bonds. The summed E-state index contributed by atoms with van der Waals surface area (Å²) in [6.45, 7) is 3.93. The maximum atomic E-state index is 15.2. The van der Waals surface area contributed by atoms with E-state index in [1.54, 1.807) is 23.0 Å². The highest BCUT2D eigenvalue weighted by molar-refractivity contribution is 6.01. The van der Waals surface area contributed by atoms with Crippen LogP contribution in [-0.4, -0.2) is 25.7 Å². The first-order chi connectivity index (χ1) is 16.8. The molecule has 0 aliphatic heterocycles. The second-order valence-corrected chi connectivity index (χ2v) is 9.28. The molecule has 0 bridgehead atoms. The van der Waals surface area contributed by atoms with Gasteiger partial charge in [0.1, 0.15) is 5.82 Å². The number of nitrogens with two attached hydrogens (primary N) is 2. The quantitative estimate of drug-likeness (QED) is 0.356. The standard InChI is InChI=1S/C26H28FN7O/c1-4-5-16-22(15-8-32-34(3)12-15)23(16)26(35)33-21-7-14-6-17(18-9-30-11-20(28)13(18)2)24(27)25(29)19(14)10-31-21/h6-12,16,22-23H,4-5,28-29H2,1-3H3,(H,31,33,35)/t16-,22+,23+/m0/s1. The number of pyridine rings is 2. The zero-order chi connectivity index (χ0) is 24.9. The molecule has 3 aromatic heterocycles. The van der Waals surface area contributed by atoms with Gasteiger partial charge in [0.25, 0.3) is 0 Å². The third-order valence-corrected chi connectivity index (χ3v) is 7.00. The van der Waals surface area contributed by atoms with E-state index in [0.717, 1.165) is 24.0 Å². The molecule has 8 nitrogen and oxygen atoms in total. The van der Waals surface area contributed by atoms with Gasteiger partial charge in [0.15, 0.2) is 5.82 Å². The van der Waals surface area contributed by atoms with Crippen LogP contribution < -0.4 is 16.8 Å². The Labute approximate surface area is 202 Å². The number of amides is 1. The Bertz CT molecular complexity index is 1450. The summed E-state index contributed by atoms with van der Waals surface area (Å²) in [6.07, 6.45) is 10.4. The van der Waals surface area contributed by atoms with Gasteiger partial charge in [-0.05, 0) is 47.9 Å². The lowest BCUT2D eigenvalue weighted by Gasteiger charge is -2.13. The van der Waals surface area contributed by atoms with Gasteiger partial charge in [-0.1, -0.05) is 13.3 Å². The topological polar surface area (TPSA) is 125 Å². The van der Waals surface area contributed by atoms with Gasteiger partial charge in [-0.25, -0.2) is 9.37 Å². The molecule has 1 aliphatic carbocycles. The fourth-order valence-corrected chi connectivity index (χ4v) is 5.07. The monoisotopic (exact) mass is 473 g/mol. The molecule has 1 aromatic carbocycles. The lowest BCUT2D eigenvalue weighted by Crippen LogP contribution is -2.16. The summed E-state index contributed by atoms with van der Waals surface area (Å²) in [5, 5.41) is 8.36. The number of aromatic nitrogens is 4. The number of nitrogens with one attached hydrogen (secondary N) is 1. The van der Waals surface area contributed by atoms with Crippen molar-refractivity contribution in [3.05, 3.63) is 60.1 Å². The molecule has 0 radical (unpaired) electrons. The first-order valence-electron chi connectivity index (χ1n) is 11.7. The second-order valence-electron chi connectivity index (χ2n) is 9.28. The fraction of sp³-hybridized carbons (Fsp3) is 0.308. The summed E-state index contributed by atoms with van der Waals surface area (Å²) in [5.41, 5.74) is 15.2. The van der Waals surface area contributed by atoms with Crippen LogP contribution in [0, 0.1) is 24.6 Å². The summed E-state index contributed by atoms with van der Waals surface area (Å²) < 4.78 is 16.9. The first kappa shape index (κ1) is 22.8. The highest BCUT2D eigenvalue weighted by atomic mass is 19.1. The van der Waals surface area contributed by atoms with Crippen LogP contribution in [-0.2, 0) is 11.8 Å². The first-order valence-corrected chi connectivity index (χ1v) is 11.7. The Balaban J connectivity index is 1.46. The highest BCUT2D eigenvalue weighted by Crippen LogP contribution is 2.56. The van der Waals surface area contributed by atoms with E-state index in [9.17, 15) is 4.79 Å². The average Bonchev–Trinajstić information content (AvgIpc) is 3.38. The van der Waals surface area contributed by atoms with Gasteiger partial charge in [-0.15, -0.1) is 0 Å². The van der Waals surface area contributed by atoms with Crippen LogP contribution in [0.25, 0.3) is 21.9 Å². The van der Waals surface area contributed by atoms with E-state index >= 15 is 4.39 Å². The van der Waals surface area contributed by atoms with Crippen molar-refractivity contribution in [1.82, 2.24) is 19.7 Å². The van der Waals surface area contributed by atoms with E-state index < -0.39 is 5.82 Å².